The van der Waals surface area contributed by atoms with Crippen LogP contribution < -0.4 is 0 Å². The van der Waals surface area contributed by atoms with Crippen LogP contribution in [0.4, 0.5) is 0 Å². The minimum atomic E-state index is 0.0255. The molecule has 2 aromatic rings. The molecule has 90 valence electrons. The molecular weight excluding hydrogens is 276 g/mol. The summed E-state index contributed by atoms with van der Waals surface area (Å²) in [5.74, 6) is 0. The first-order valence-corrected chi connectivity index (χ1v) is 6.50. The van der Waals surface area contributed by atoms with Crippen LogP contribution in [0.25, 0.3) is 11.1 Å². The summed E-state index contributed by atoms with van der Waals surface area (Å²) in [6.45, 7) is 8.62. The van der Waals surface area contributed by atoms with Crippen LogP contribution in [-0.4, -0.2) is 9.78 Å². The minimum absolute atomic E-state index is 0.0255. The first kappa shape index (κ1) is 12.4. The smallest absolute Gasteiger partial charge is 0.0571 e. The predicted molar refractivity (Wildman–Crippen MR) is 75.1 cm³/mol. The molecule has 1 aromatic carbocycles. The summed E-state index contributed by atoms with van der Waals surface area (Å²) in [6.07, 6.45) is 1.95. The van der Waals surface area contributed by atoms with Gasteiger partial charge in [-0.05, 0) is 45.4 Å². The van der Waals surface area contributed by atoms with Crippen LogP contribution in [0.5, 0.6) is 0 Å². The van der Waals surface area contributed by atoms with E-state index in [-0.39, 0.29) is 5.54 Å². The van der Waals surface area contributed by atoms with Crippen molar-refractivity contribution < 1.29 is 0 Å². The number of benzene rings is 1. The van der Waals surface area contributed by atoms with E-state index in [0.717, 1.165) is 4.47 Å². The third-order valence-corrected chi connectivity index (χ3v) is 3.33. The summed E-state index contributed by atoms with van der Waals surface area (Å²) < 4.78 is 3.17. The number of hydrogen-bond donors (Lipinski definition) is 0. The lowest BCUT2D eigenvalue weighted by Crippen LogP contribution is -2.24. The van der Waals surface area contributed by atoms with Crippen LogP contribution in [0.2, 0.25) is 0 Å². The number of hydrogen-bond acceptors (Lipinski definition) is 1. The Kier molecular flexibility index (Phi) is 3.13. The van der Waals surface area contributed by atoms with Crippen molar-refractivity contribution in [2.75, 3.05) is 0 Å². The Morgan fingerprint density at radius 1 is 1.12 bits per heavy atom. The van der Waals surface area contributed by atoms with Crippen molar-refractivity contribution in [2.24, 2.45) is 0 Å². The van der Waals surface area contributed by atoms with E-state index in [1.54, 1.807) is 0 Å². The first-order chi connectivity index (χ1) is 7.89. The molecule has 0 amide bonds. The van der Waals surface area contributed by atoms with Gasteiger partial charge in [0.15, 0.2) is 0 Å². The van der Waals surface area contributed by atoms with Crippen LogP contribution in [0.3, 0.4) is 0 Å². The van der Waals surface area contributed by atoms with E-state index >= 15 is 0 Å². The number of halogens is 1. The maximum absolute atomic E-state index is 4.49. The standard InChI is InChI=1S/C14H17BrN2/c1-10-13(9-16-17(10)14(2,3)4)11-5-7-12(15)8-6-11/h5-9H,1-4H3. The minimum Gasteiger partial charge on any atom is -0.264 e. The second-order valence-electron chi connectivity index (χ2n) is 5.23. The molecule has 1 heterocycles. The van der Waals surface area contributed by atoms with E-state index in [0.29, 0.717) is 0 Å². The number of rotatable bonds is 1. The lowest BCUT2D eigenvalue weighted by molar-refractivity contribution is 0.348. The average molecular weight is 293 g/mol. The Morgan fingerprint density at radius 2 is 1.71 bits per heavy atom. The summed E-state index contributed by atoms with van der Waals surface area (Å²) in [6, 6.07) is 8.34. The molecule has 17 heavy (non-hydrogen) atoms. The fourth-order valence-corrected chi connectivity index (χ4v) is 2.26. The largest absolute Gasteiger partial charge is 0.264 e. The highest BCUT2D eigenvalue weighted by atomic mass is 79.9. The number of nitrogens with zero attached hydrogens (tertiary/aromatic N) is 2. The third-order valence-electron chi connectivity index (χ3n) is 2.80. The Hall–Kier alpha value is -1.09. The van der Waals surface area contributed by atoms with Crippen molar-refractivity contribution in [1.29, 1.82) is 0 Å². The van der Waals surface area contributed by atoms with Crippen molar-refractivity contribution in [3.63, 3.8) is 0 Å². The normalized spacial score (nSPS) is 11.8. The molecule has 0 spiro atoms. The zero-order valence-electron chi connectivity index (χ0n) is 10.7. The van der Waals surface area contributed by atoms with Gasteiger partial charge in [-0.15, -0.1) is 0 Å². The summed E-state index contributed by atoms with van der Waals surface area (Å²) in [5.41, 5.74) is 3.64. The van der Waals surface area contributed by atoms with Crippen LogP contribution in [0.1, 0.15) is 26.5 Å². The van der Waals surface area contributed by atoms with Gasteiger partial charge in [-0.25, -0.2) is 0 Å². The molecule has 0 bridgehead atoms. The van der Waals surface area contributed by atoms with Gasteiger partial charge in [-0.2, -0.15) is 5.10 Å². The molecule has 0 aliphatic rings. The maximum Gasteiger partial charge on any atom is 0.0571 e. The molecule has 0 saturated heterocycles. The molecule has 2 nitrogen and oxygen atoms in total. The molecule has 0 radical (unpaired) electrons. The molecule has 0 fully saturated rings. The molecule has 2 rings (SSSR count). The Morgan fingerprint density at radius 3 is 2.18 bits per heavy atom. The van der Waals surface area contributed by atoms with Crippen LogP contribution in [0.15, 0.2) is 34.9 Å². The van der Waals surface area contributed by atoms with Gasteiger partial charge in [0, 0.05) is 15.7 Å². The molecule has 0 N–H and O–H groups in total. The monoisotopic (exact) mass is 292 g/mol. The lowest BCUT2D eigenvalue weighted by Gasteiger charge is -2.21. The molecule has 0 saturated carbocycles. The topological polar surface area (TPSA) is 17.8 Å². The second-order valence-corrected chi connectivity index (χ2v) is 6.15. The van der Waals surface area contributed by atoms with Gasteiger partial charge in [0.25, 0.3) is 0 Å². The molecule has 0 unspecified atom stereocenters. The summed E-state index contributed by atoms with van der Waals surface area (Å²) >= 11 is 3.45. The van der Waals surface area contributed by atoms with Gasteiger partial charge in [-0.3, -0.25) is 4.68 Å². The zero-order valence-corrected chi connectivity index (χ0v) is 12.2. The lowest BCUT2D eigenvalue weighted by atomic mass is 10.1. The Bertz CT molecular complexity index is 518. The van der Waals surface area contributed by atoms with E-state index in [1.165, 1.54) is 16.8 Å². The highest BCUT2D eigenvalue weighted by Crippen LogP contribution is 2.27. The highest BCUT2D eigenvalue weighted by molar-refractivity contribution is 9.10. The van der Waals surface area contributed by atoms with Gasteiger partial charge < -0.3 is 0 Å². The predicted octanol–water partition coefficient (Wildman–Crippen LogP) is 4.38. The van der Waals surface area contributed by atoms with Crippen molar-refractivity contribution >= 4 is 15.9 Å². The molecule has 3 heteroatoms. The summed E-state index contributed by atoms with van der Waals surface area (Å²) in [7, 11) is 0. The van der Waals surface area contributed by atoms with Gasteiger partial charge in [0.05, 0.1) is 11.7 Å². The van der Waals surface area contributed by atoms with Gasteiger partial charge in [0.1, 0.15) is 0 Å². The average Bonchev–Trinajstić information content (AvgIpc) is 2.61. The zero-order chi connectivity index (χ0) is 12.6. The van der Waals surface area contributed by atoms with Crippen LogP contribution in [0, 0.1) is 6.92 Å². The highest BCUT2D eigenvalue weighted by Gasteiger charge is 2.18. The SMILES string of the molecule is Cc1c(-c2ccc(Br)cc2)cnn1C(C)(C)C. The molecule has 0 atom stereocenters. The maximum atomic E-state index is 4.49. The van der Waals surface area contributed by atoms with E-state index in [1.807, 2.05) is 6.20 Å². The Balaban J connectivity index is 2.48. The molecule has 0 aliphatic carbocycles. The fraction of sp³-hybridized carbons (Fsp3) is 0.357. The molecule has 1 aromatic heterocycles. The van der Waals surface area contributed by atoms with E-state index in [4.69, 9.17) is 0 Å². The van der Waals surface area contributed by atoms with E-state index in [2.05, 4.69) is 77.7 Å². The van der Waals surface area contributed by atoms with Crippen molar-refractivity contribution in [2.45, 2.75) is 33.2 Å². The second kappa shape index (κ2) is 4.30. The Labute approximate surface area is 111 Å². The molecule has 0 aliphatic heterocycles. The van der Waals surface area contributed by atoms with E-state index in [9.17, 15) is 0 Å². The van der Waals surface area contributed by atoms with Crippen molar-refractivity contribution in [3.05, 3.63) is 40.6 Å². The first-order valence-electron chi connectivity index (χ1n) is 5.70. The van der Waals surface area contributed by atoms with Crippen LogP contribution in [-0.2, 0) is 5.54 Å². The van der Waals surface area contributed by atoms with E-state index < -0.39 is 0 Å². The van der Waals surface area contributed by atoms with Gasteiger partial charge in [0.2, 0.25) is 0 Å². The number of aromatic nitrogens is 2. The van der Waals surface area contributed by atoms with Crippen molar-refractivity contribution in [1.82, 2.24) is 9.78 Å². The quantitative estimate of drug-likeness (QED) is 0.763. The molecular formula is C14H17BrN2. The van der Waals surface area contributed by atoms with Crippen LogP contribution >= 0.6 is 15.9 Å². The third kappa shape index (κ3) is 2.44. The van der Waals surface area contributed by atoms with Gasteiger partial charge in [-0.1, -0.05) is 28.1 Å². The summed E-state index contributed by atoms with van der Waals surface area (Å²) in [4.78, 5) is 0. The summed E-state index contributed by atoms with van der Waals surface area (Å²) in [5, 5.41) is 4.49. The fourth-order valence-electron chi connectivity index (χ4n) is 2.00. The van der Waals surface area contributed by atoms with Gasteiger partial charge >= 0.3 is 0 Å². The van der Waals surface area contributed by atoms with Crippen molar-refractivity contribution in [3.8, 4) is 11.1 Å².